The van der Waals surface area contributed by atoms with E-state index in [1.807, 2.05) is 13.8 Å². The summed E-state index contributed by atoms with van der Waals surface area (Å²) in [6, 6.07) is 2.15. The van der Waals surface area contributed by atoms with E-state index in [0.717, 1.165) is 24.4 Å². The van der Waals surface area contributed by atoms with E-state index in [2.05, 4.69) is 11.4 Å². The van der Waals surface area contributed by atoms with Crippen LogP contribution in [0.5, 0.6) is 0 Å². The normalized spacial score (nSPS) is 17.2. The van der Waals surface area contributed by atoms with Crippen LogP contribution in [0.25, 0.3) is 0 Å². The van der Waals surface area contributed by atoms with Gasteiger partial charge >= 0.3 is 0 Å². The van der Waals surface area contributed by atoms with Crippen LogP contribution in [0.15, 0.2) is 6.07 Å². The minimum absolute atomic E-state index is 0.679. The summed E-state index contributed by atoms with van der Waals surface area (Å²) >= 11 is 1.73. The van der Waals surface area contributed by atoms with Crippen LogP contribution in [0.2, 0.25) is 0 Å². The van der Waals surface area contributed by atoms with Crippen LogP contribution in [0.1, 0.15) is 29.2 Å². The van der Waals surface area contributed by atoms with Crippen molar-refractivity contribution in [3.8, 4) is 0 Å². The Morgan fingerprint density at radius 1 is 1.54 bits per heavy atom. The molecule has 0 atom stereocenters. The Morgan fingerprint density at radius 2 is 2.31 bits per heavy atom. The summed E-state index contributed by atoms with van der Waals surface area (Å²) in [7, 11) is 0. The molecule has 0 radical (unpaired) electrons. The van der Waals surface area contributed by atoms with Crippen molar-refractivity contribution in [2.75, 3.05) is 6.54 Å². The summed E-state index contributed by atoms with van der Waals surface area (Å²) in [6.45, 7) is 5.72. The molecule has 0 unspecified atom stereocenters. The van der Waals surface area contributed by atoms with Gasteiger partial charge in [0.05, 0.1) is 5.60 Å². The lowest BCUT2D eigenvalue weighted by molar-refractivity contribution is 0.0825. The van der Waals surface area contributed by atoms with Gasteiger partial charge in [0, 0.05) is 16.3 Å². The minimum Gasteiger partial charge on any atom is -0.385 e. The highest BCUT2D eigenvalue weighted by Gasteiger charge is 2.22. The molecule has 2 nitrogen and oxygen atoms in total. The SMILES string of the molecule is CC(C)(O)c1cc2c(s1)CNCC2. The molecule has 2 rings (SSSR count). The standard InChI is InChI=1S/C10H15NOS/c1-10(2,12)9-5-7-3-4-11-6-8(7)13-9/h5,11-12H,3-4,6H2,1-2H3. The maximum Gasteiger partial charge on any atom is 0.0932 e. The molecule has 0 saturated heterocycles. The maximum atomic E-state index is 9.83. The van der Waals surface area contributed by atoms with E-state index >= 15 is 0 Å². The number of rotatable bonds is 1. The van der Waals surface area contributed by atoms with E-state index in [9.17, 15) is 5.11 Å². The lowest BCUT2D eigenvalue weighted by atomic mass is 10.0. The van der Waals surface area contributed by atoms with Crippen LogP contribution >= 0.6 is 11.3 Å². The number of thiophene rings is 1. The van der Waals surface area contributed by atoms with Crippen LogP contribution in [-0.4, -0.2) is 11.7 Å². The Hall–Kier alpha value is -0.380. The summed E-state index contributed by atoms with van der Waals surface area (Å²) in [5.41, 5.74) is 0.739. The number of nitrogens with one attached hydrogen (secondary N) is 1. The fourth-order valence-electron chi connectivity index (χ4n) is 1.55. The quantitative estimate of drug-likeness (QED) is 0.717. The molecular weight excluding hydrogens is 182 g/mol. The smallest absolute Gasteiger partial charge is 0.0932 e. The molecule has 0 saturated carbocycles. The number of hydrogen-bond donors (Lipinski definition) is 2. The lowest BCUT2D eigenvalue weighted by Gasteiger charge is -2.13. The maximum absolute atomic E-state index is 9.83. The minimum atomic E-state index is -0.679. The monoisotopic (exact) mass is 197 g/mol. The van der Waals surface area contributed by atoms with Crippen molar-refractivity contribution in [3.63, 3.8) is 0 Å². The summed E-state index contributed by atoms with van der Waals surface area (Å²) < 4.78 is 0. The van der Waals surface area contributed by atoms with Crippen molar-refractivity contribution < 1.29 is 5.11 Å². The van der Waals surface area contributed by atoms with E-state index < -0.39 is 5.60 Å². The van der Waals surface area contributed by atoms with Crippen LogP contribution in [0, 0.1) is 0 Å². The Balaban J connectivity index is 2.36. The second kappa shape index (κ2) is 3.08. The van der Waals surface area contributed by atoms with Gasteiger partial charge in [0.1, 0.15) is 0 Å². The predicted molar refractivity (Wildman–Crippen MR) is 55.0 cm³/mol. The largest absolute Gasteiger partial charge is 0.385 e. The topological polar surface area (TPSA) is 32.3 Å². The van der Waals surface area contributed by atoms with Crippen LogP contribution < -0.4 is 5.32 Å². The molecule has 1 aliphatic rings. The van der Waals surface area contributed by atoms with Crippen molar-refractivity contribution in [1.29, 1.82) is 0 Å². The van der Waals surface area contributed by atoms with Crippen LogP contribution in [-0.2, 0) is 18.6 Å². The zero-order chi connectivity index (χ0) is 9.47. The van der Waals surface area contributed by atoms with Gasteiger partial charge in [-0.2, -0.15) is 0 Å². The molecule has 2 heterocycles. The molecular formula is C10H15NOS. The summed E-state index contributed by atoms with van der Waals surface area (Å²) in [6.07, 6.45) is 1.10. The van der Waals surface area contributed by atoms with Gasteiger partial charge < -0.3 is 10.4 Å². The molecule has 13 heavy (non-hydrogen) atoms. The van der Waals surface area contributed by atoms with E-state index in [0.29, 0.717) is 0 Å². The molecule has 0 aliphatic carbocycles. The van der Waals surface area contributed by atoms with E-state index in [1.165, 1.54) is 10.4 Å². The van der Waals surface area contributed by atoms with Gasteiger partial charge in [-0.1, -0.05) is 0 Å². The first-order chi connectivity index (χ1) is 6.07. The number of aliphatic hydroxyl groups is 1. The first kappa shape index (κ1) is 9.19. The molecule has 1 aliphatic heterocycles. The molecule has 0 fully saturated rings. The predicted octanol–water partition coefficient (Wildman–Crippen LogP) is 1.62. The summed E-state index contributed by atoms with van der Waals surface area (Å²) in [4.78, 5) is 2.48. The molecule has 3 heteroatoms. The third-order valence-corrected chi connectivity index (χ3v) is 3.85. The van der Waals surface area contributed by atoms with Crippen molar-refractivity contribution in [2.45, 2.75) is 32.4 Å². The highest BCUT2D eigenvalue weighted by molar-refractivity contribution is 7.12. The van der Waals surface area contributed by atoms with Crippen molar-refractivity contribution in [3.05, 3.63) is 21.4 Å². The first-order valence-electron chi connectivity index (χ1n) is 4.62. The average molecular weight is 197 g/mol. The Bertz CT molecular complexity index is 288. The van der Waals surface area contributed by atoms with Gasteiger partial charge in [0.15, 0.2) is 0 Å². The highest BCUT2D eigenvalue weighted by Crippen LogP contribution is 2.32. The molecule has 0 amide bonds. The Morgan fingerprint density at radius 3 is 2.92 bits per heavy atom. The van der Waals surface area contributed by atoms with Gasteiger partial charge in [-0.25, -0.2) is 0 Å². The van der Waals surface area contributed by atoms with Gasteiger partial charge in [-0.3, -0.25) is 0 Å². The second-order valence-corrected chi connectivity index (χ2v) is 5.18. The van der Waals surface area contributed by atoms with E-state index in [-0.39, 0.29) is 0 Å². The molecule has 1 aromatic rings. The van der Waals surface area contributed by atoms with Gasteiger partial charge in [-0.05, 0) is 38.4 Å². The summed E-state index contributed by atoms with van der Waals surface area (Å²) in [5.74, 6) is 0. The van der Waals surface area contributed by atoms with Crippen molar-refractivity contribution in [2.24, 2.45) is 0 Å². The zero-order valence-electron chi connectivity index (χ0n) is 8.05. The molecule has 2 N–H and O–H groups in total. The van der Waals surface area contributed by atoms with E-state index in [4.69, 9.17) is 0 Å². The molecule has 1 aromatic heterocycles. The zero-order valence-corrected chi connectivity index (χ0v) is 8.87. The Kier molecular flexibility index (Phi) is 2.18. The molecule has 72 valence electrons. The third kappa shape index (κ3) is 1.77. The number of hydrogen-bond acceptors (Lipinski definition) is 3. The average Bonchev–Trinajstić information content (AvgIpc) is 2.45. The Labute approximate surface area is 82.6 Å². The molecule has 0 bridgehead atoms. The molecule has 0 spiro atoms. The fourth-order valence-corrected chi connectivity index (χ4v) is 2.74. The van der Waals surface area contributed by atoms with Crippen LogP contribution in [0.4, 0.5) is 0 Å². The molecule has 0 aromatic carbocycles. The summed E-state index contributed by atoms with van der Waals surface area (Å²) in [5, 5.41) is 13.2. The van der Waals surface area contributed by atoms with Gasteiger partial charge in [0.2, 0.25) is 0 Å². The van der Waals surface area contributed by atoms with Crippen molar-refractivity contribution >= 4 is 11.3 Å². The highest BCUT2D eigenvalue weighted by atomic mass is 32.1. The van der Waals surface area contributed by atoms with E-state index in [1.54, 1.807) is 11.3 Å². The van der Waals surface area contributed by atoms with Gasteiger partial charge in [0.25, 0.3) is 0 Å². The fraction of sp³-hybridized carbons (Fsp3) is 0.600. The first-order valence-corrected chi connectivity index (χ1v) is 5.44. The third-order valence-electron chi connectivity index (χ3n) is 2.36. The lowest BCUT2D eigenvalue weighted by Crippen LogP contribution is -2.21. The van der Waals surface area contributed by atoms with Crippen molar-refractivity contribution in [1.82, 2.24) is 5.32 Å². The number of fused-ring (bicyclic) bond motifs is 1. The van der Waals surface area contributed by atoms with Crippen LogP contribution in [0.3, 0.4) is 0 Å². The van der Waals surface area contributed by atoms with Gasteiger partial charge in [-0.15, -0.1) is 11.3 Å². The second-order valence-electron chi connectivity index (χ2n) is 4.04.